The van der Waals surface area contributed by atoms with Crippen LogP contribution in [0.3, 0.4) is 0 Å². The van der Waals surface area contributed by atoms with Crippen LogP contribution < -0.4 is 0 Å². The van der Waals surface area contributed by atoms with E-state index in [1.54, 1.807) is 0 Å². The number of halogens is 1. The fraction of sp³-hybridized carbons (Fsp3) is 0.562. The fourth-order valence-electron chi connectivity index (χ4n) is 2.77. The summed E-state index contributed by atoms with van der Waals surface area (Å²) in [6.45, 7) is 4.63. The lowest BCUT2D eigenvalue weighted by Crippen LogP contribution is -2.31. The van der Waals surface area contributed by atoms with E-state index < -0.39 is 0 Å². The lowest BCUT2D eigenvalue weighted by Gasteiger charge is -2.39. The van der Waals surface area contributed by atoms with E-state index in [0.29, 0.717) is 5.41 Å². The van der Waals surface area contributed by atoms with E-state index >= 15 is 0 Å². The van der Waals surface area contributed by atoms with Gasteiger partial charge in [-0.25, -0.2) is 0 Å². The van der Waals surface area contributed by atoms with E-state index in [4.69, 9.17) is 0 Å². The molecule has 1 saturated carbocycles. The van der Waals surface area contributed by atoms with Gasteiger partial charge in [0.2, 0.25) is 0 Å². The maximum Gasteiger partial charge on any atom is 0.0693 e. The van der Waals surface area contributed by atoms with E-state index in [9.17, 15) is 5.26 Å². The molecule has 0 bridgehead atoms. The predicted octanol–water partition coefficient (Wildman–Crippen LogP) is 5.10. The van der Waals surface area contributed by atoms with Crippen molar-refractivity contribution in [1.82, 2.24) is 0 Å². The number of hydrogen-bond donors (Lipinski definition) is 0. The van der Waals surface area contributed by atoms with Gasteiger partial charge in [0.05, 0.1) is 11.5 Å². The Kier molecular flexibility index (Phi) is 3.82. The number of rotatable bonds is 2. The van der Waals surface area contributed by atoms with Crippen molar-refractivity contribution in [2.24, 2.45) is 10.8 Å². The molecule has 0 spiro atoms. The molecule has 0 saturated heterocycles. The summed E-state index contributed by atoms with van der Waals surface area (Å²) in [5.74, 6) is 0. The van der Waals surface area contributed by atoms with Gasteiger partial charge in [0.25, 0.3) is 0 Å². The van der Waals surface area contributed by atoms with Gasteiger partial charge in [-0.05, 0) is 55.2 Å². The molecule has 0 N–H and O–H groups in total. The summed E-state index contributed by atoms with van der Waals surface area (Å²) in [5.41, 5.74) is 1.54. The van der Waals surface area contributed by atoms with Gasteiger partial charge < -0.3 is 0 Å². The second-order valence-electron chi connectivity index (χ2n) is 6.36. The third kappa shape index (κ3) is 3.14. The molecule has 0 aromatic heterocycles. The lowest BCUT2D eigenvalue weighted by molar-refractivity contribution is 0.146. The minimum Gasteiger partial charge on any atom is -0.198 e. The zero-order valence-corrected chi connectivity index (χ0v) is 12.8. The molecule has 0 amide bonds. The summed E-state index contributed by atoms with van der Waals surface area (Å²) in [7, 11) is 0. The topological polar surface area (TPSA) is 23.8 Å². The number of nitrogens with zero attached hydrogens (tertiary/aromatic N) is 1. The summed E-state index contributed by atoms with van der Waals surface area (Å²) in [4.78, 5) is 0. The van der Waals surface area contributed by atoms with E-state index in [0.717, 1.165) is 36.6 Å². The molecule has 0 unspecified atom stereocenters. The monoisotopic (exact) mass is 305 g/mol. The van der Waals surface area contributed by atoms with Crippen LogP contribution in [0.5, 0.6) is 0 Å². The Labute approximate surface area is 118 Å². The maximum absolute atomic E-state index is 9.58. The highest BCUT2D eigenvalue weighted by atomic mass is 79.9. The summed E-state index contributed by atoms with van der Waals surface area (Å²) in [6, 6.07) is 11.0. The quantitative estimate of drug-likeness (QED) is 0.745. The Bertz CT molecular complexity index is 460. The van der Waals surface area contributed by atoms with Crippen molar-refractivity contribution >= 4 is 15.9 Å². The van der Waals surface area contributed by atoms with Gasteiger partial charge in [0.1, 0.15) is 0 Å². The van der Waals surface area contributed by atoms with Crippen LogP contribution in [0, 0.1) is 22.2 Å². The predicted molar refractivity (Wildman–Crippen MR) is 78.1 cm³/mol. The molecule has 96 valence electrons. The third-order valence-corrected chi connectivity index (χ3v) is 4.72. The van der Waals surface area contributed by atoms with Crippen LogP contribution in [0.25, 0.3) is 0 Å². The molecule has 1 aliphatic rings. The average Bonchev–Trinajstić information content (AvgIpc) is 2.33. The van der Waals surface area contributed by atoms with Crippen LogP contribution in [-0.2, 0) is 6.42 Å². The van der Waals surface area contributed by atoms with Crippen molar-refractivity contribution < 1.29 is 0 Å². The molecule has 18 heavy (non-hydrogen) atoms. The molecule has 0 aliphatic heterocycles. The molecule has 0 heterocycles. The molecule has 1 aromatic carbocycles. The Morgan fingerprint density at radius 1 is 1.22 bits per heavy atom. The molecular formula is C16H20BrN. The van der Waals surface area contributed by atoms with Crippen LogP contribution in [0.1, 0.15) is 45.1 Å². The van der Waals surface area contributed by atoms with Gasteiger partial charge in [-0.15, -0.1) is 0 Å². The van der Waals surface area contributed by atoms with Gasteiger partial charge in [-0.3, -0.25) is 0 Å². The molecule has 2 rings (SSSR count). The van der Waals surface area contributed by atoms with Gasteiger partial charge >= 0.3 is 0 Å². The highest BCUT2D eigenvalue weighted by Gasteiger charge is 2.38. The van der Waals surface area contributed by atoms with Crippen molar-refractivity contribution in [1.29, 1.82) is 5.26 Å². The first-order chi connectivity index (χ1) is 8.45. The number of benzene rings is 1. The first-order valence-corrected chi connectivity index (χ1v) is 7.40. The average molecular weight is 306 g/mol. The van der Waals surface area contributed by atoms with Gasteiger partial charge in [-0.2, -0.15) is 5.26 Å². The first-order valence-electron chi connectivity index (χ1n) is 6.61. The maximum atomic E-state index is 9.58. The normalized spacial score (nSPS) is 21.2. The second kappa shape index (κ2) is 5.05. The second-order valence-corrected chi connectivity index (χ2v) is 7.28. The minimum atomic E-state index is -0.143. The summed E-state index contributed by atoms with van der Waals surface area (Å²) < 4.78 is 1.10. The Balaban J connectivity index is 2.13. The number of nitriles is 1. The largest absolute Gasteiger partial charge is 0.198 e. The highest BCUT2D eigenvalue weighted by molar-refractivity contribution is 9.10. The molecule has 1 aromatic rings. The summed E-state index contributed by atoms with van der Waals surface area (Å²) >= 11 is 3.50. The van der Waals surface area contributed by atoms with Gasteiger partial charge in [-0.1, -0.05) is 41.9 Å². The van der Waals surface area contributed by atoms with E-state index in [-0.39, 0.29) is 5.41 Å². The standard InChI is InChI=1S/C16H20BrN/c1-15(2)6-8-16(12-18,9-7-15)11-13-4-3-5-14(17)10-13/h3-5,10H,6-9,11H2,1-2H3. The van der Waals surface area contributed by atoms with E-state index in [1.807, 2.05) is 6.07 Å². The molecule has 1 nitrogen and oxygen atoms in total. The molecule has 0 radical (unpaired) electrons. The van der Waals surface area contributed by atoms with Crippen LogP contribution in [0.15, 0.2) is 28.7 Å². The van der Waals surface area contributed by atoms with Crippen LogP contribution >= 0.6 is 15.9 Å². The van der Waals surface area contributed by atoms with Crippen LogP contribution in [0.4, 0.5) is 0 Å². The summed E-state index contributed by atoms with van der Waals surface area (Å²) in [5, 5.41) is 9.58. The minimum absolute atomic E-state index is 0.143. The SMILES string of the molecule is CC1(C)CCC(C#N)(Cc2cccc(Br)c2)CC1. The van der Waals surface area contributed by atoms with Crippen molar-refractivity contribution in [2.45, 2.75) is 46.0 Å². The fourth-order valence-corrected chi connectivity index (χ4v) is 3.22. The smallest absolute Gasteiger partial charge is 0.0693 e. The zero-order valence-electron chi connectivity index (χ0n) is 11.2. The van der Waals surface area contributed by atoms with E-state index in [1.165, 1.54) is 5.56 Å². The lowest BCUT2D eigenvalue weighted by atomic mass is 9.64. The van der Waals surface area contributed by atoms with E-state index in [2.05, 4.69) is 54.0 Å². The first kappa shape index (κ1) is 13.6. The van der Waals surface area contributed by atoms with Crippen LogP contribution in [-0.4, -0.2) is 0 Å². The Morgan fingerprint density at radius 2 is 1.89 bits per heavy atom. The number of hydrogen-bond acceptors (Lipinski definition) is 1. The highest BCUT2D eigenvalue weighted by Crippen LogP contribution is 2.46. The van der Waals surface area contributed by atoms with Gasteiger partial charge in [0.15, 0.2) is 0 Å². The Morgan fingerprint density at radius 3 is 2.44 bits per heavy atom. The molecule has 1 fully saturated rings. The summed E-state index contributed by atoms with van der Waals surface area (Å²) in [6.07, 6.45) is 5.27. The molecule has 1 aliphatic carbocycles. The van der Waals surface area contributed by atoms with Crippen LogP contribution in [0.2, 0.25) is 0 Å². The zero-order chi connectivity index (χ0) is 13.2. The van der Waals surface area contributed by atoms with Crippen molar-refractivity contribution in [3.8, 4) is 6.07 Å². The molecule has 0 atom stereocenters. The van der Waals surface area contributed by atoms with Crippen molar-refractivity contribution in [3.63, 3.8) is 0 Å². The van der Waals surface area contributed by atoms with Gasteiger partial charge in [0, 0.05) is 4.47 Å². The Hall–Kier alpha value is -0.810. The third-order valence-electron chi connectivity index (χ3n) is 4.23. The van der Waals surface area contributed by atoms with Crippen molar-refractivity contribution in [3.05, 3.63) is 34.3 Å². The molecular weight excluding hydrogens is 286 g/mol. The molecule has 2 heteroatoms. The van der Waals surface area contributed by atoms with Crippen molar-refractivity contribution in [2.75, 3.05) is 0 Å².